The average Bonchev–Trinajstić information content (AvgIpc) is 2.62. The first-order valence-corrected chi connectivity index (χ1v) is 7.82. The molecule has 1 amide bonds. The molecule has 6 heteroatoms. The zero-order valence-electron chi connectivity index (χ0n) is 13.3. The van der Waals surface area contributed by atoms with Crippen LogP contribution >= 0.6 is 11.6 Å². The van der Waals surface area contributed by atoms with E-state index in [0.717, 1.165) is 10.8 Å². The number of rotatable bonds is 4. The van der Waals surface area contributed by atoms with Crippen molar-refractivity contribution in [3.8, 4) is 5.75 Å². The number of ether oxygens (including phenoxy) is 1. The van der Waals surface area contributed by atoms with Crippen molar-refractivity contribution in [2.45, 2.75) is 0 Å². The number of halogens is 2. The number of fused-ring (bicyclic) bond motifs is 1. The molecule has 0 radical (unpaired) electrons. The number of carbonyl (C=O) groups is 1. The van der Waals surface area contributed by atoms with Crippen molar-refractivity contribution in [1.29, 1.82) is 0 Å². The first-order valence-electron chi connectivity index (χ1n) is 7.44. The molecular weight excluding hydrogens is 343 g/mol. The molecule has 3 aromatic carbocycles. The van der Waals surface area contributed by atoms with Gasteiger partial charge in [0.1, 0.15) is 11.6 Å². The van der Waals surface area contributed by atoms with E-state index in [2.05, 4.69) is 10.5 Å². The van der Waals surface area contributed by atoms with E-state index in [0.29, 0.717) is 11.3 Å². The van der Waals surface area contributed by atoms with Crippen LogP contribution < -0.4 is 10.2 Å². The number of nitrogens with zero attached hydrogens (tertiary/aromatic N) is 1. The molecule has 0 aliphatic heterocycles. The monoisotopic (exact) mass is 356 g/mol. The van der Waals surface area contributed by atoms with Gasteiger partial charge in [0.05, 0.1) is 23.9 Å². The molecule has 0 aromatic heterocycles. The lowest BCUT2D eigenvalue weighted by atomic mass is 10.1. The van der Waals surface area contributed by atoms with Gasteiger partial charge in [-0.05, 0) is 35.0 Å². The number of carbonyl (C=O) groups excluding carboxylic acids is 1. The van der Waals surface area contributed by atoms with E-state index < -0.39 is 11.7 Å². The van der Waals surface area contributed by atoms with Crippen LogP contribution in [0.4, 0.5) is 4.39 Å². The minimum Gasteiger partial charge on any atom is -0.496 e. The Kier molecular flexibility index (Phi) is 4.95. The minimum atomic E-state index is -0.520. The fourth-order valence-electron chi connectivity index (χ4n) is 2.42. The Labute approximate surface area is 148 Å². The molecule has 3 rings (SSSR count). The summed E-state index contributed by atoms with van der Waals surface area (Å²) in [5.41, 5.74) is 2.80. The third-order valence-electron chi connectivity index (χ3n) is 3.67. The molecule has 1 N–H and O–H groups in total. The topological polar surface area (TPSA) is 50.7 Å². The molecule has 0 unspecified atom stereocenters. The van der Waals surface area contributed by atoms with Crippen LogP contribution in [0.5, 0.6) is 5.75 Å². The van der Waals surface area contributed by atoms with Crippen molar-refractivity contribution in [3.63, 3.8) is 0 Å². The van der Waals surface area contributed by atoms with Crippen LogP contribution in [0.3, 0.4) is 0 Å². The Bertz CT molecular complexity index is 953. The minimum absolute atomic E-state index is 0.106. The summed E-state index contributed by atoms with van der Waals surface area (Å²) in [5, 5.41) is 5.85. The van der Waals surface area contributed by atoms with Crippen LogP contribution in [-0.2, 0) is 0 Å². The van der Waals surface area contributed by atoms with Gasteiger partial charge in [-0.25, -0.2) is 9.82 Å². The summed E-state index contributed by atoms with van der Waals surface area (Å²) in [4.78, 5) is 12.4. The molecule has 4 nitrogen and oxygen atoms in total. The maximum atomic E-state index is 13.7. The normalized spacial score (nSPS) is 11.0. The van der Waals surface area contributed by atoms with Crippen LogP contribution in [-0.4, -0.2) is 19.2 Å². The second-order valence-electron chi connectivity index (χ2n) is 5.23. The van der Waals surface area contributed by atoms with Crippen LogP contribution in [0.25, 0.3) is 10.8 Å². The fraction of sp³-hybridized carbons (Fsp3) is 0.0526. The molecule has 0 bridgehead atoms. The summed E-state index contributed by atoms with van der Waals surface area (Å²) in [6, 6.07) is 15.4. The van der Waals surface area contributed by atoms with E-state index in [1.807, 2.05) is 24.3 Å². The summed E-state index contributed by atoms with van der Waals surface area (Å²) >= 11 is 5.91. The predicted molar refractivity (Wildman–Crippen MR) is 97.0 cm³/mol. The van der Waals surface area contributed by atoms with E-state index in [1.165, 1.54) is 25.5 Å². The summed E-state index contributed by atoms with van der Waals surface area (Å²) in [7, 11) is 1.49. The van der Waals surface area contributed by atoms with Crippen LogP contribution in [0.1, 0.15) is 15.9 Å². The van der Waals surface area contributed by atoms with Gasteiger partial charge in [-0.15, -0.1) is 0 Å². The van der Waals surface area contributed by atoms with Crippen molar-refractivity contribution >= 4 is 34.5 Å². The highest BCUT2D eigenvalue weighted by molar-refractivity contribution is 6.33. The maximum absolute atomic E-state index is 13.7. The highest BCUT2D eigenvalue weighted by atomic mass is 35.5. The lowest BCUT2D eigenvalue weighted by Crippen LogP contribution is -2.18. The van der Waals surface area contributed by atoms with Gasteiger partial charge >= 0.3 is 0 Å². The van der Waals surface area contributed by atoms with Gasteiger partial charge in [-0.1, -0.05) is 41.9 Å². The molecular formula is C19H14ClFN2O2. The standard InChI is InChI=1S/C19H14ClFN2O2/c1-25-18-10-13-6-3-2-5-12(13)9-14(18)19(24)23-22-11-15-16(20)7-4-8-17(15)21/h2-11H,1H3,(H,23,24). The third kappa shape index (κ3) is 3.61. The number of methoxy groups -OCH3 is 1. The van der Waals surface area contributed by atoms with E-state index >= 15 is 0 Å². The second-order valence-corrected chi connectivity index (χ2v) is 5.64. The first kappa shape index (κ1) is 16.9. The smallest absolute Gasteiger partial charge is 0.275 e. The summed E-state index contributed by atoms with van der Waals surface area (Å²) in [6.45, 7) is 0. The molecule has 25 heavy (non-hydrogen) atoms. The summed E-state index contributed by atoms with van der Waals surface area (Å²) in [5.74, 6) is -0.560. The lowest BCUT2D eigenvalue weighted by molar-refractivity contribution is 0.0952. The highest BCUT2D eigenvalue weighted by Gasteiger charge is 2.13. The summed E-state index contributed by atoms with van der Waals surface area (Å²) in [6.07, 6.45) is 1.17. The zero-order chi connectivity index (χ0) is 17.8. The lowest BCUT2D eigenvalue weighted by Gasteiger charge is -2.09. The Morgan fingerprint density at radius 2 is 1.88 bits per heavy atom. The number of hydrogen-bond acceptors (Lipinski definition) is 3. The molecule has 0 saturated carbocycles. The van der Waals surface area contributed by atoms with Crippen molar-refractivity contribution in [3.05, 3.63) is 76.6 Å². The second kappa shape index (κ2) is 7.32. The third-order valence-corrected chi connectivity index (χ3v) is 4.00. The van der Waals surface area contributed by atoms with E-state index in [-0.39, 0.29) is 10.6 Å². The van der Waals surface area contributed by atoms with Crippen molar-refractivity contribution < 1.29 is 13.9 Å². The fourth-order valence-corrected chi connectivity index (χ4v) is 2.63. The van der Waals surface area contributed by atoms with Gasteiger partial charge in [0.25, 0.3) is 5.91 Å². The SMILES string of the molecule is COc1cc2ccccc2cc1C(=O)NN=Cc1c(F)cccc1Cl. The quantitative estimate of drug-likeness (QED) is 0.556. The largest absolute Gasteiger partial charge is 0.496 e. The Hall–Kier alpha value is -2.92. The Morgan fingerprint density at radius 3 is 2.56 bits per heavy atom. The van der Waals surface area contributed by atoms with Crippen molar-refractivity contribution in [1.82, 2.24) is 5.43 Å². The van der Waals surface area contributed by atoms with E-state index in [1.54, 1.807) is 18.2 Å². The molecule has 3 aromatic rings. The number of amides is 1. The molecule has 0 aliphatic carbocycles. The van der Waals surface area contributed by atoms with Crippen molar-refractivity contribution in [2.75, 3.05) is 7.11 Å². The molecule has 126 valence electrons. The molecule has 0 heterocycles. The van der Waals surface area contributed by atoms with Crippen molar-refractivity contribution in [2.24, 2.45) is 5.10 Å². The number of hydrogen-bond donors (Lipinski definition) is 1. The first-order chi connectivity index (χ1) is 12.1. The molecule has 0 saturated heterocycles. The van der Waals surface area contributed by atoms with Crippen LogP contribution in [0.15, 0.2) is 59.7 Å². The van der Waals surface area contributed by atoms with Gasteiger partial charge in [0.15, 0.2) is 0 Å². The summed E-state index contributed by atoms with van der Waals surface area (Å²) < 4.78 is 19.0. The van der Waals surface area contributed by atoms with E-state index in [9.17, 15) is 9.18 Å². The number of hydrazone groups is 1. The Morgan fingerprint density at radius 1 is 1.16 bits per heavy atom. The Balaban J connectivity index is 1.86. The maximum Gasteiger partial charge on any atom is 0.275 e. The van der Waals surface area contributed by atoms with Gasteiger partial charge in [-0.2, -0.15) is 5.10 Å². The molecule has 0 aliphatic rings. The number of benzene rings is 3. The van der Waals surface area contributed by atoms with Gasteiger partial charge in [0, 0.05) is 5.56 Å². The van der Waals surface area contributed by atoms with Gasteiger partial charge in [-0.3, -0.25) is 4.79 Å². The highest BCUT2D eigenvalue weighted by Crippen LogP contribution is 2.26. The predicted octanol–water partition coefficient (Wildman–Crippen LogP) is 4.40. The molecule has 0 spiro atoms. The van der Waals surface area contributed by atoms with Gasteiger partial charge in [0.2, 0.25) is 0 Å². The zero-order valence-corrected chi connectivity index (χ0v) is 14.0. The van der Waals surface area contributed by atoms with Gasteiger partial charge < -0.3 is 4.74 Å². The van der Waals surface area contributed by atoms with Crippen LogP contribution in [0, 0.1) is 5.82 Å². The molecule has 0 fully saturated rings. The van der Waals surface area contributed by atoms with E-state index in [4.69, 9.17) is 16.3 Å². The average molecular weight is 357 g/mol. The van der Waals surface area contributed by atoms with Crippen LogP contribution in [0.2, 0.25) is 5.02 Å². The number of nitrogens with one attached hydrogen (secondary N) is 1. The molecule has 0 atom stereocenters.